The van der Waals surface area contributed by atoms with Gasteiger partial charge in [-0.05, 0) is 30.5 Å². The summed E-state index contributed by atoms with van der Waals surface area (Å²) >= 11 is 0. The van der Waals surface area contributed by atoms with Crippen LogP contribution in [0, 0.1) is 0 Å². The third-order valence-corrected chi connectivity index (χ3v) is 5.07. The average molecular weight is 381 g/mol. The largest absolute Gasteiger partial charge is 0.379 e. The molecule has 2 amide bonds. The molecule has 1 aliphatic carbocycles. The minimum absolute atomic E-state index is 0.208. The van der Waals surface area contributed by atoms with E-state index in [2.05, 4.69) is 48.5 Å². The lowest BCUT2D eigenvalue weighted by Gasteiger charge is -2.26. The Morgan fingerprint density at radius 1 is 1.21 bits per heavy atom. The summed E-state index contributed by atoms with van der Waals surface area (Å²) in [5.41, 5.74) is 8.44. The van der Waals surface area contributed by atoms with Crippen molar-refractivity contribution >= 4 is 6.03 Å². The van der Waals surface area contributed by atoms with Gasteiger partial charge in [0, 0.05) is 31.9 Å². The average Bonchev–Trinajstić information content (AvgIpc) is 3.22. The molecule has 0 spiro atoms. The van der Waals surface area contributed by atoms with E-state index in [-0.39, 0.29) is 6.03 Å². The Hall–Kier alpha value is -2.91. The number of carbonyl (C=O) groups is 1. The Bertz CT molecular complexity index is 974. The molecule has 0 atom stereocenters. The second-order valence-electron chi connectivity index (χ2n) is 7.33. The lowest BCUT2D eigenvalue weighted by atomic mass is 10.2. The summed E-state index contributed by atoms with van der Waals surface area (Å²) < 4.78 is 5.41. The fourth-order valence-corrected chi connectivity index (χ4v) is 3.40. The lowest BCUT2D eigenvalue weighted by molar-refractivity contribution is 0.0342. The van der Waals surface area contributed by atoms with Gasteiger partial charge in [-0.25, -0.2) is 14.8 Å². The molecule has 28 heavy (non-hydrogen) atoms. The first-order chi connectivity index (χ1) is 13.7. The van der Waals surface area contributed by atoms with Crippen molar-refractivity contribution in [3.8, 4) is 0 Å². The van der Waals surface area contributed by atoms with Crippen molar-refractivity contribution < 1.29 is 9.53 Å². The van der Waals surface area contributed by atoms with Crippen LogP contribution >= 0.6 is 0 Å². The van der Waals surface area contributed by atoms with Gasteiger partial charge in [0.25, 0.3) is 0 Å². The molecule has 1 saturated heterocycles. The summed E-state index contributed by atoms with van der Waals surface area (Å²) in [7, 11) is 0. The van der Waals surface area contributed by atoms with Crippen LogP contribution in [0.4, 0.5) is 4.79 Å². The number of hydrogen-bond donors (Lipinski definition) is 4. The van der Waals surface area contributed by atoms with Gasteiger partial charge in [-0.1, -0.05) is 6.07 Å². The Morgan fingerprint density at radius 3 is 2.86 bits per heavy atom. The van der Waals surface area contributed by atoms with Crippen LogP contribution in [-0.4, -0.2) is 43.3 Å². The van der Waals surface area contributed by atoms with Crippen molar-refractivity contribution in [3.63, 3.8) is 0 Å². The number of hydrazine groups is 1. The normalized spacial score (nSPS) is 23.6. The summed E-state index contributed by atoms with van der Waals surface area (Å²) in [6.07, 6.45) is 3.79. The van der Waals surface area contributed by atoms with Crippen molar-refractivity contribution in [1.29, 1.82) is 0 Å². The number of fused-ring (bicyclic) bond motifs is 1. The first-order valence-corrected chi connectivity index (χ1v) is 9.65. The van der Waals surface area contributed by atoms with E-state index in [9.17, 15) is 4.79 Å². The zero-order chi connectivity index (χ0) is 18.9. The minimum Gasteiger partial charge on any atom is -0.379 e. The molecular weight excluding hydrogens is 358 g/mol. The number of morpholine rings is 1. The first-order valence-electron chi connectivity index (χ1n) is 9.65. The maximum Gasteiger partial charge on any atom is 0.319 e. The van der Waals surface area contributed by atoms with Crippen LogP contribution in [0.2, 0.25) is 0 Å². The van der Waals surface area contributed by atoms with Crippen LogP contribution in [0.5, 0.6) is 0 Å². The molecule has 9 nitrogen and oxygen atoms in total. The number of carbonyl (C=O) groups excluding carboxylic acids is 1. The topological polar surface area (TPSA) is 102 Å². The van der Waals surface area contributed by atoms with Crippen molar-refractivity contribution in [3.05, 3.63) is 57.9 Å². The molecule has 2 fully saturated rings. The van der Waals surface area contributed by atoms with Crippen LogP contribution in [0.3, 0.4) is 0 Å². The van der Waals surface area contributed by atoms with Gasteiger partial charge in [0.05, 0.1) is 29.6 Å². The van der Waals surface area contributed by atoms with Crippen LogP contribution in [0.15, 0.2) is 51.6 Å². The van der Waals surface area contributed by atoms with E-state index in [1.54, 1.807) is 6.20 Å². The summed E-state index contributed by atoms with van der Waals surface area (Å²) in [4.78, 5) is 23.7. The number of rotatable bonds is 4. The summed E-state index contributed by atoms with van der Waals surface area (Å²) in [5.74, 6) is 0.557. The number of amides is 2. The predicted molar refractivity (Wildman–Crippen MR) is 101 cm³/mol. The van der Waals surface area contributed by atoms with E-state index in [0.717, 1.165) is 56.4 Å². The molecule has 4 aliphatic rings. The fourth-order valence-electron chi connectivity index (χ4n) is 3.40. The second-order valence-corrected chi connectivity index (χ2v) is 7.33. The van der Waals surface area contributed by atoms with Gasteiger partial charge in [-0.15, -0.1) is 0 Å². The predicted octanol–water partition coefficient (Wildman–Crippen LogP) is -0.648. The number of hydrogen-bond acceptors (Lipinski definition) is 7. The molecule has 3 aliphatic heterocycles. The van der Waals surface area contributed by atoms with Crippen molar-refractivity contribution in [2.75, 3.05) is 26.3 Å². The number of ether oxygens (including phenoxy) is 1. The van der Waals surface area contributed by atoms with Crippen molar-refractivity contribution in [2.24, 2.45) is 9.98 Å². The van der Waals surface area contributed by atoms with E-state index >= 15 is 0 Å². The molecule has 5 rings (SSSR count). The van der Waals surface area contributed by atoms with E-state index in [4.69, 9.17) is 4.74 Å². The van der Waals surface area contributed by atoms with Gasteiger partial charge in [0.1, 0.15) is 5.70 Å². The zero-order valence-corrected chi connectivity index (χ0v) is 15.5. The van der Waals surface area contributed by atoms with Crippen LogP contribution in [0.25, 0.3) is 0 Å². The molecule has 3 heterocycles. The molecule has 1 aromatic carbocycles. The van der Waals surface area contributed by atoms with E-state index in [1.165, 1.54) is 5.56 Å². The van der Waals surface area contributed by atoms with E-state index < -0.39 is 0 Å². The molecule has 9 heteroatoms. The van der Waals surface area contributed by atoms with E-state index in [0.29, 0.717) is 23.3 Å². The SMILES string of the molecule is O=C(NC1=CNN/C1=C1/N=c2ccc(CN3CCOCC3)cc2=N1)NC1CC1. The maximum absolute atomic E-state index is 12.0. The fraction of sp³-hybridized carbons (Fsp3) is 0.421. The molecule has 0 unspecified atom stereocenters. The van der Waals surface area contributed by atoms with Gasteiger partial charge >= 0.3 is 6.03 Å². The Balaban J connectivity index is 1.34. The third kappa shape index (κ3) is 3.71. The highest BCUT2D eigenvalue weighted by atomic mass is 16.5. The van der Waals surface area contributed by atoms with Gasteiger partial charge in [-0.3, -0.25) is 10.3 Å². The Labute approximate surface area is 162 Å². The molecule has 0 bridgehead atoms. The van der Waals surface area contributed by atoms with Gasteiger partial charge in [0.15, 0.2) is 5.82 Å². The van der Waals surface area contributed by atoms with Gasteiger partial charge in [0.2, 0.25) is 0 Å². The Morgan fingerprint density at radius 2 is 2.04 bits per heavy atom. The minimum atomic E-state index is -0.208. The quantitative estimate of drug-likeness (QED) is 0.555. The highest BCUT2D eigenvalue weighted by Gasteiger charge is 2.25. The molecule has 4 N–H and O–H groups in total. The third-order valence-electron chi connectivity index (χ3n) is 5.07. The lowest BCUT2D eigenvalue weighted by Crippen LogP contribution is -2.37. The van der Waals surface area contributed by atoms with Crippen molar-refractivity contribution in [2.45, 2.75) is 25.4 Å². The molecule has 146 valence electrons. The van der Waals surface area contributed by atoms with Crippen LogP contribution in [0.1, 0.15) is 18.4 Å². The smallest absolute Gasteiger partial charge is 0.319 e. The second kappa shape index (κ2) is 7.25. The van der Waals surface area contributed by atoms with Crippen LogP contribution in [-0.2, 0) is 11.3 Å². The maximum atomic E-state index is 12.0. The molecule has 0 aromatic heterocycles. The summed E-state index contributed by atoms with van der Waals surface area (Å²) in [5, 5.41) is 7.46. The van der Waals surface area contributed by atoms with Gasteiger partial charge < -0.3 is 20.8 Å². The standard InChI is InChI=1S/C19H23N7O2/c27-19(21-13-2-3-13)24-16-10-20-25-17(16)18-22-14-4-1-12(9-15(14)23-18)11-26-5-7-28-8-6-26/h1,4,9-10,13,20,25H,2-3,5-8,11H2,(H2,21,24,27)/b18-17-. The highest BCUT2D eigenvalue weighted by Crippen LogP contribution is 2.19. The van der Waals surface area contributed by atoms with E-state index in [1.807, 2.05) is 6.07 Å². The van der Waals surface area contributed by atoms with Crippen molar-refractivity contribution in [1.82, 2.24) is 26.4 Å². The molecule has 1 aromatic rings. The number of nitrogens with one attached hydrogen (secondary N) is 4. The summed E-state index contributed by atoms with van der Waals surface area (Å²) in [6, 6.07) is 6.27. The van der Waals surface area contributed by atoms with Crippen LogP contribution < -0.4 is 32.2 Å². The number of urea groups is 1. The molecule has 0 radical (unpaired) electrons. The molecule has 1 saturated carbocycles. The Kier molecular flexibility index (Phi) is 4.46. The number of benzene rings is 1. The first kappa shape index (κ1) is 17.2. The summed E-state index contributed by atoms with van der Waals surface area (Å²) in [6.45, 7) is 4.36. The highest BCUT2D eigenvalue weighted by molar-refractivity contribution is 5.77. The number of nitrogens with zero attached hydrogens (tertiary/aromatic N) is 3. The zero-order valence-electron chi connectivity index (χ0n) is 15.5. The molecular formula is C19H23N7O2. The van der Waals surface area contributed by atoms with Gasteiger partial charge in [-0.2, -0.15) is 0 Å². The monoisotopic (exact) mass is 381 g/mol.